The molecule has 0 saturated carbocycles. The van der Waals surface area contributed by atoms with Crippen molar-refractivity contribution < 1.29 is 4.74 Å². The minimum Gasteiger partial charge on any atom is -0.494 e. The van der Waals surface area contributed by atoms with Crippen molar-refractivity contribution >= 4 is 5.69 Å². The van der Waals surface area contributed by atoms with E-state index in [4.69, 9.17) is 4.74 Å². The molecule has 3 heteroatoms. The summed E-state index contributed by atoms with van der Waals surface area (Å²) in [6, 6.07) is 18.8. The van der Waals surface area contributed by atoms with E-state index in [1.807, 2.05) is 12.1 Å². The van der Waals surface area contributed by atoms with Gasteiger partial charge in [-0.1, -0.05) is 44.2 Å². The molecule has 0 aromatic heterocycles. The minimum absolute atomic E-state index is 0.681. The van der Waals surface area contributed by atoms with Crippen molar-refractivity contribution in [1.29, 1.82) is 0 Å². The smallest absolute Gasteiger partial charge is 0.119 e. The summed E-state index contributed by atoms with van der Waals surface area (Å²) < 4.78 is 5.73. The first-order valence-electron chi connectivity index (χ1n) is 8.95. The number of benzene rings is 2. The van der Waals surface area contributed by atoms with Crippen molar-refractivity contribution in [2.45, 2.75) is 26.7 Å². The van der Waals surface area contributed by atoms with Crippen LogP contribution < -0.4 is 15.4 Å². The van der Waals surface area contributed by atoms with Crippen LogP contribution in [-0.4, -0.2) is 26.2 Å². The highest BCUT2D eigenvalue weighted by Crippen LogP contribution is 2.16. The summed E-state index contributed by atoms with van der Waals surface area (Å²) in [6.07, 6.45) is 2.16. The number of hydrogen-bond acceptors (Lipinski definition) is 3. The van der Waals surface area contributed by atoms with Gasteiger partial charge in [0.05, 0.1) is 6.61 Å². The molecule has 0 atom stereocenters. The van der Waals surface area contributed by atoms with Gasteiger partial charge in [0.2, 0.25) is 0 Å². The van der Waals surface area contributed by atoms with Crippen molar-refractivity contribution in [1.82, 2.24) is 5.32 Å². The van der Waals surface area contributed by atoms with Gasteiger partial charge < -0.3 is 15.4 Å². The molecular weight excluding hydrogens is 296 g/mol. The van der Waals surface area contributed by atoms with Gasteiger partial charge in [0.15, 0.2) is 0 Å². The zero-order valence-corrected chi connectivity index (χ0v) is 14.9. The molecule has 0 heterocycles. The fraction of sp³-hybridized carbons (Fsp3) is 0.429. The van der Waals surface area contributed by atoms with Crippen LogP contribution in [0.2, 0.25) is 0 Å². The monoisotopic (exact) mass is 326 g/mol. The van der Waals surface area contributed by atoms with E-state index in [1.54, 1.807) is 0 Å². The van der Waals surface area contributed by atoms with Crippen LogP contribution in [0.4, 0.5) is 5.69 Å². The molecule has 0 unspecified atom stereocenters. The number of nitrogens with one attached hydrogen (secondary N) is 2. The molecule has 2 rings (SSSR count). The summed E-state index contributed by atoms with van der Waals surface area (Å²) in [4.78, 5) is 0. The number of anilines is 1. The lowest BCUT2D eigenvalue weighted by Gasteiger charge is -2.10. The second kappa shape index (κ2) is 10.7. The molecule has 0 saturated heterocycles. The second-order valence-corrected chi connectivity index (χ2v) is 6.47. The maximum Gasteiger partial charge on any atom is 0.119 e. The first-order valence-corrected chi connectivity index (χ1v) is 8.95. The molecule has 0 aliphatic heterocycles. The molecule has 2 N–H and O–H groups in total. The molecule has 0 amide bonds. The van der Waals surface area contributed by atoms with E-state index in [1.165, 1.54) is 5.56 Å². The summed E-state index contributed by atoms with van der Waals surface area (Å²) in [7, 11) is 0. The van der Waals surface area contributed by atoms with Gasteiger partial charge in [-0.3, -0.25) is 0 Å². The normalized spacial score (nSPS) is 10.8. The van der Waals surface area contributed by atoms with Gasteiger partial charge in [0, 0.05) is 18.8 Å². The van der Waals surface area contributed by atoms with Crippen molar-refractivity contribution in [3.8, 4) is 5.75 Å². The van der Waals surface area contributed by atoms with E-state index in [9.17, 15) is 0 Å². The van der Waals surface area contributed by atoms with Gasteiger partial charge in [0.25, 0.3) is 0 Å². The maximum absolute atomic E-state index is 5.73. The van der Waals surface area contributed by atoms with Crippen LogP contribution in [0.3, 0.4) is 0 Å². The summed E-state index contributed by atoms with van der Waals surface area (Å²) in [6.45, 7) is 8.10. The van der Waals surface area contributed by atoms with E-state index >= 15 is 0 Å². The Morgan fingerprint density at radius 3 is 2.33 bits per heavy atom. The lowest BCUT2D eigenvalue weighted by molar-refractivity contribution is 0.289. The molecule has 24 heavy (non-hydrogen) atoms. The second-order valence-electron chi connectivity index (χ2n) is 6.47. The fourth-order valence-electron chi connectivity index (χ4n) is 2.38. The predicted octanol–water partition coefficient (Wildman–Crippen LogP) is 4.36. The molecule has 3 nitrogen and oxygen atoms in total. The van der Waals surface area contributed by atoms with Crippen LogP contribution in [0.1, 0.15) is 25.8 Å². The molecular formula is C21H30N2O. The third-order valence-electron chi connectivity index (χ3n) is 3.88. The molecule has 130 valence electrons. The third kappa shape index (κ3) is 7.51. The number of ether oxygens (including phenoxy) is 1. The molecule has 0 radical (unpaired) electrons. The molecule has 2 aromatic carbocycles. The maximum atomic E-state index is 5.73. The zero-order valence-electron chi connectivity index (χ0n) is 14.9. The fourth-order valence-corrected chi connectivity index (χ4v) is 2.38. The van der Waals surface area contributed by atoms with Crippen molar-refractivity contribution in [2.24, 2.45) is 5.92 Å². The lowest BCUT2D eigenvalue weighted by atomic mass is 10.1. The Kier molecular flexibility index (Phi) is 8.19. The Bertz CT molecular complexity index is 552. The Hall–Kier alpha value is -2.00. The molecule has 0 aliphatic carbocycles. The average Bonchev–Trinajstić information content (AvgIpc) is 2.60. The lowest BCUT2D eigenvalue weighted by Crippen LogP contribution is -2.24. The molecule has 0 fully saturated rings. The molecule has 0 aliphatic rings. The van der Waals surface area contributed by atoms with Crippen LogP contribution in [0.25, 0.3) is 0 Å². The Morgan fingerprint density at radius 2 is 1.62 bits per heavy atom. The van der Waals surface area contributed by atoms with Gasteiger partial charge in [-0.15, -0.1) is 0 Å². The van der Waals surface area contributed by atoms with Gasteiger partial charge >= 0.3 is 0 Å². The first kappa shape index (κ1) is 18.3. The largest absolute Gasteiger partial charge is 0.494 e. The summed E-state index contributed by atoms with van der Waals surface area (Å²) in [5, 5.41) is 6.89. The Morgan fingerprint density at radius 1 is 0.875 bits per heavy atom. The van der Waals surface area contributed by atoms with Crippen LogP contribution in [-0.2, 0) is 6.42 Å². The topological polar surface area (TPSA) is 33.3 Å². The highest BCUT2D eigenvalue weighted by atomic mass is 16.5. The summed E-state index contributed by atoms with van der Waals surface area (Å²) in [5.41, 5.74) is 2.52. The van der Waals surface area contributed by atoms with Gasteiger partial charge in [-0.2, -0.15) is 0 Å². The van der Waals surface area contributed by atoms with Crippen LogP contribution in [0.15, 0.2) is 54.6 Å². The third-order valence-corrected chi connectivity index (χ3v) is 3.88. The summed E-state index contributed by atoms with van der Waals surface area (Å²) in [5.74, 6) is 1.63. The highest BCUT2D eigenvalue weighted by molar-refractivity contribution is 5.46. The predicted molar refractivity (Wildman–Crippen MR) is 103 cm³/mol. The van der Waals surface area contributed by atoms with Gasteiger partial charge in [-0.25, -0.2) is 0 Å². The number of hydrogen-bond donors (Lipinski definition) is 2. The standard InChI is InChI=1S/C21H30N2O/c1-18(2)13-17-24-21-10-8-20(9-11-21)23-16-15-22-14-12-19-6-4-3-5-7-19/h3-11,18,22-23H,12-17H2,1-2H3. The number of rotatable bonds is 11. The first-order chi connectivity index (χ1) is 11.7. The van der Waals surface area contributed by atoms with Crippen LogP contribution >= 0.6 is 0 Å². The summed E-state index contributed by atoms with van der Waals surface area (Å²) >= 11 is 0. The van der Waals surface area contributed by atoms with Crippen molar-refractivity contribution in [2.75, 3.05) is 31.6 Å². The zero-order chi connectivity index (χ0) is 17.0. The van der Waals surface area contributed by atoms with Crippen molar-refractivity contribution in [3.05, 3.63) is 60.2 Å². The highest BCUT2D eigenvalue weighted by Gasteiger charge is 1.98. The van der Waals surface area contributed by atoms with E-state index in [-0.39, 0.29) is 0 Å². The Labute approximate surface area is 146 Å². The molecule has 0 bridgehead atoms. The van der Waals surface area contributed by atoms with E-state index in [0.717, 1.165) is 50.5 Å². The van der Waals surface area contributed by atoms with E-state index in [0.29, 0.717) is 5.92 Å². The van der Waals surface area contributed by atoms with Crippen LogP contribution in [0, 0.1) is 5.92 Å². The van der Waals surface area contributed by atoms with Crippen LogP contribution in [0.5, 0.6) is 5.75 Å². The van der Waals surface area contributed by atoms with Crippen molar-refractivity contribution in [3.63, 3.8) is 0 Å². The van der Waals surface area contributed by atoms with E-state index < -0.39 is 0 Å². The average molecular weight is 326 g/mol. The van der Waals surface area contributed by atoms with E-state index in [2.05, 4.69) is 66.9 Å². The molecule has 2 aromatic rings. The quantitative estimate of drug-likeness (QED) is 0.602. The SMILES string of the molecule is CC(C)CCOc1ccc(NCCNCCc2ccccc2)cc1. The van der Waals surface area contributed by atoms with Gasteiger partial charge in [0.1, 0.15) is 5.75 Å². The Balaban J connectivity index is 1.55. The molecule has 0 spiro atoms. The minimum atomic E-state index is 0.681. The van der Waals surface area contributed by atoms with Gasteiger partial charge in [-0.05, 0) is 55.1 Å².